The van der Waals surface area contributed by atoms with Crippen LogP contribution in [-0.4, -0.2) is 36.0 Å². The van der Waals surface area contributed by atoms with Crippen molar-refractivity contribution in [2.75, 3.05) is 6.54 Å². The number of hydrogen-bond donors (Lipinski definition) is 4. The third-order valence-corrected chi connectivity index (χ3v) is 4.14. The van der Waals surface area contributed by atoms with E-state index in [1.54, 1.807) is 6.92 Å². The van der Waals surface area contributed by atoms with Crippen molar-refractivity contribution in [2.24, 2.45) is 5.73 Å². The summed E-state index contributed by atoms with van der Waals surface area (Å²) in [6.07, 6.45) is 1.06. The van der Waals surface area contributed by atoms with Crippen molar-refractivity contribution < 1.29 is 8.42 Å². The number of H-pyrrole nitrogens is 2. The smallest absolute Gasteiger partial charge is 0.327 e. The number of hydrogen-bond acceptors (Lipinski definition) is 6. The molecule has 2 aromatic rings. The van der Waals surface area contributed by atoms with E-state index in [0.717, 1.165) is 12.3 Å². The van der Waals surface area contributed by atoms with Crippen LogP contribution in [-0.2, 0) is 10.0 Å². The fourth-order valence-electron chi connectivity index (χ4n) is 1.56. The van der Waals surface area contributed by atoms with E-state index in [1.807, 2.05) is 4.98 Å². The van der Waals surface area contributed by atoms with Crippen LogP contribution < -0.4 is 21.7 Å². The Balaban J connectivity index is 0.00000220. The molecule has 0 bridgehead atoms. The molecule has 0 amide bonds. The maximum atomic E-state index is 12.0. The number of nitrogens with zero attached hydrogens (tertiary/aromatic N) is 1. The first-order chi connectivity index (χ1) is 9.33. The van der Waals surface area contributed by atoms with Gasteiger partial charge in [0.1, 0.15) is 10.5 Å². The number of sulfonamides is 1. The van der Waals surface area contributed by atoms with E-state index in [4.69, 9.17) is 5.73 Å². The van der Waals surface area contributed by atoms with Crippen molar-refractivity contribution in [1.29, 1.82) is 0 Å². The summed E-state index contributed by atoms with van der Waals surface area (Å²) in [6.45, 7) is 1.74. The van der Waals surface area contributed by atoms with Gasteiger partial charge in [-0.2, -0.15) is 0 Å². The Labute approximate surface area is 125 Å². The average molecular weight is 336 g/mol. The molecule has 21 heavy (non-hydrogen) atoms. The molecule has 9 nitrogen and oxygen atoms in total. The Morgan fingerprint density at radius 1 is 1.38 bits per heavy atom. The Hall–Kier alpha value is -1.75. The van der Waals surface area contributed by atoms with Crippen molar-refractivity contribution in [3.05, 3.63) is 33.1 Å². The molecule has 11 heteroatoms. The highest BCUT2D eigenvalue weighted by atomic mass is 35.5. The molecule has 116 valence electrons. The van der Waals surface area contributed by atoms with Crippen molar-refractivity contribution in [2.45, 2.75) is 17.9 Å². The zero-order chi connectivity index (χ0) is 14.9. The van der Waals surface area contributed by atoms with E-state index >= 15 is 0 Å². The maximum Gasteiger partial charge on any atom is 0.327 e. The lowest BCUT2D eigenvalue weighted by atomic mass is 10.3. The number of fused-ring (bicyclic) bond motifs is 1. The number of nitrogens with one attached hydrogen (secondary N) is 3. The Morgan fingerprint density at radius 2 is 2.05 bits per heavy atom. The van der Waals surface area contributed by atoms with Crippen LogP contribution in [0.1, 0.15) is 6.92 Å². The molecule has 5 N–H and O–H groups in total. The summed E-state index contributed by atoms with van der Waals surface area (Å²) in [5.74, 6) is 0. The SMILES string of the molecule is C[C@@H](CN)NS(=O)(=O)c1cnc2[nH]c(=O)[nH]c(=O)c2c1.Cl. The second-order valence-electron chi connectivity index (χ2n) is 4.23. The molecule has 0 aliphatic carbocycles. The fraction of sp³-hybridized carbons (Fsp3) is 0.300. The maximum absolute atomic E-state index is 12.0. The van der Waals surface area contributed by atoms with Gasteiger partial charge in [0.2, 0.25) is 10.0 Å². The van der Waals surface area contributed by atoms with Crippen LogP contribution in [0.5, 0.6) is 0 Å². The monoisotopic (exact) mass is 335 g/mol. The molecule has 0 saturated carbocycles. The summed E-state index contributed by atoms with van der Waals surface area (Å²) in [7, 11) is -3.83. The van der Waals surface area contributed by atoms with Crippen LogP contribution in [0, 0.1) is 0 Å². The van der Waals surface area contributed by atoms with Gasteiger partial charge in [-0.3, -0.25) is 14.8 Å². The highest BCUT2D eigenvalue weighted by molar-refractivity contribution is 7.89. The number of aromatic amines is 2. The molecule has 0 aliphatic heterocycles. The normalized spacial score (nSPS) is 12.9. The van der Waals surface area contributed by atoms with E-state index in [-0.39, 0.29) is 34.9 Å². The molecular formula is C10H14ClN5O4S. The van der Waals surface area contributed by atoms with Crippen LogP contribution >= 0.6 is 12.4 Å². The minimum absolute atomic E-state index is 0. The van der Waals surface area contributed by atoms with E-state index in [1.165, 1.54) is 0 Å². The lowest BCUT2D eigenvalue weighted by Crippen LogP contribution is -2.37. The van der Waals surface area contributed by atoms with Crippen LogP contribution in [0.15, 0.2) is 26.7 Å². The lowest BCUT2D eigenvalue weighted by molar-refractivity contribution is 0.562. The highest BCUT2D eigenvalue weighted by Crippen LogP contribution is 2.11. The van der Waals surface area contributed by atoms with Crippen LogP contribution in [0.4, 0.5) is 0 Å². The van der Waals surface area contributed by atoms with Crippen molar-refractivity contribution in [1.82, 2.24) is 19.7 Å². The summed E-state index contributed by atoms with van der Waals surface area (Å²) in [5.41, 5.74) is 3.95. The molecule has 0 radical (unpaired) electrons. The number of halogens is 1. The van der Waals surface area contributed by atoms with Gasteiger partial charge >= 0.3 is 5.69 Å². The zero-order valence-corrected chi connectivity index (χ0v) is 12.5. The number of nitrogens with two attached hydrogens (primary N) is 1. The Kier molecular flexibility index (Phi) is 5.23. The largest absolute Gasteiger partial charge is 0.329 e. The minimum Gasteiger partial charge on any atom is -0.329 e. The summed E-state index contributed by atoms with van der Waals surface area (Å²) in [4.78, 5) is 30.6. The van der Waals surface area contributed by atoms with Gasteiger partial charge in [-0.25, -0.2) is 22.9 Å². The summed E-state index contributed by atoms with van der Waals surface area (Å²) >= 11 is 0. The van der Waals surface area contributed by atoms with E-state index < -0.39 is 27.3 Å². The van der Waals surface area contributed by atoms with Crippen molar-refractivity contribution in [3.63, 3.8) is 0 Å². The third kappa shape index (κ3) is 3.67. The molecule has 2 aromatic heterocycles. The van der Waals surface area contributed by atoms with E-state index in [9.17, 15) is 18.0 Å². The Bertz CT molecular complexity index is 860. The van der Waals surface area contributed by atoms with Gasteiger partial charge < -0.3 is 5.73 Å². The first-order valence-electron chi connectivity index (χ1n) is 5.68. The molecular weight excluding hydrogens is 322 g/mol. The predicted molar refractivity (Wildman–Crippen MR) is 79.1 cm³/mol. The van der Waals surface area contributed by atoms with Crippen LogP contribution in [0.25, 0.3) is 11.0 Å². The predicted octanol–water partition coefficient (Wildman–Crippen LogP) is -1.34. The summed E-state index contributed by atoms with van der Waals surface area (Å²) in [5, 5.41) is -0.0205. The topological polar surface area (TPSA) is 151 Å². The van der Waals surface area contributed by atoms with Gasteiger partial charge in [0.15, 0.2) is 0 Å². The van der Waals surface area contributed by atoms with Gasteiger partial charge in [0.25, 0.3) is 5.56 Å². The molecule has 0 unspecified atom stereocenters. The molecule has 2 heterocycles. The van der Waals surface area contributed by atoms with Gasteiger partial charge in [-0.05, 0) is 13.0 Å². The fourth-order valence-corrected chi connectivity index (χ4v) is 2.78. The zero-order valence-electron chi connectivity index (χ0n) is 10.9. The van der Waals surface area contributed by atoms with Crippen molar-refractivity contribution >= 4 is 33.5 Å². The van der Waals surface area contributed by atoms with Gasteiger partial charge in [-0.15, -0.1) is 12.4 Å². The van der Waals surface area contributed by atoms with E-state index in [2.05, 4.69) is 14.7 Å². The molecule has 0 aromatic carbocycles. The third-order valence-electron chi connectivity index (χ3n) is 2.59. The second kappa shape index (κ2) is 6.35. The Morgan fingerprint density at radius 3 is 2.67 bits per heavy atom. The second-order valence-corrected chi connectivity index (χ2v) is 5.95. The molecule has 0 aliphatic rings. The molecule has 1 atom stereocenters. The molecule has 2 rings (SSSR count). The number of pyridine rings is 1. The van der Waals surface area contributed by atoms with Crippen LogP contribution in [0.2, 0.25) is 0 Å². The summed E-state index contributed by atoms with van der Waals surface area (Å²) in [6, 6.07) is 0.687. The first kappa shape index (κ1) is 17.3. The van der Waals surface area contributed by atoms with Gasteiger partial charge in [0, 0.05) is 18.8 Å². The minimum atomic E-state index is -3.83. The standard InChI is InChI=1S/C10H13N5O4S.ClH/c1-5(3-11)15-20(18,19)6-2-7-8(12-4-6)13-10(17)14-9(7)16;/h2,4-5,15H,3,11H2,1H3,(H2,12,13,14,16,17);1H/t5-;/m0./s1. The highest BCUT2D eigenvalue weighted by Gasteiger charge is 2.18. The number of aromatic nitrogens is 3. The molecule has 0 fully saturated rings. The van der Waals surface area contributed by atoms with Gasteiger partial charge in [0.05, 0.1) is 5.39 Å². The first-order valence-corrected chi connectivity index (χ1v) is 7.16. The van der Waals surface area contributed by atoms with Crippen molar-refractivity contribution in [3.8, 4) is 0 Å². The van der Waals surface area contributed by atoms with Gasteiger partial charge in [-0.1, -0.05) is 0 Å². The quantitative estimate of drug-likeness (QED) is 0.542. The lowest BCUT2D eigenvalue weighted by Gasteiger charge is -2.11. The van der Waals surface area contributed by atoms with Crippen LogP contribution in [0.3, 0.4) is 0 Å². The summed E-state index contributed by atoms with van der Waals surface area (Å²) < 4.78 is 26.4. The van der Waals surface area contributed by atoms with E-state index in [0.29, 0.717) is 0 Å². The number of rotatable bonds is 4. The molecule has 0 saturated heterocycles. The average Bonchev–Trinajstić information content (AvgIpc) is 2.37. The molecule has 0 spiro atoms.